The van der Waals surface area contributed by atoms with Crippen LogP contribution < -0.4 is 4.90 Å². The summed E-state index contributed by atoms with van der Waals surface area (Å²) in [6.45, 7) is 6.64. The molecule has 0 spiro atoms. The third-order valence-electron chi connectivity index (χ3n) is 5.95. The molecule has 118 valence electrons. The molecule has 0 unspecified atom stereocenters. The minimum absolute atomic E-state index is 0.288. The van der Waals surface area contributed by atoms with Crippen LogP contribution in [0.15, 0.2) is 24.3 Å². The number of piperidine rings is 1. The number of hydrogen-bond donors (Lipinski definition) is 0. The Morgan fingerprint density at radius 3 is 2.41 bits per heavy atom. The number of rotatable bonds is 2. The van der Waals surface area contributed by atoms with Gasteiger partial charge in [0.05, 0.1) is 5.41 Å². The molecule has 2 fully saturated rings. The average Bonchev–Trinajstić information content (AvgIpc) is 2.69. The molecule has 2 heterocycles. The molecule has 0 radical (unpaired) electrons. The van der Waals surface area contributed by atoms with Gasteiger partial charge in [-0.3, -0.25) is 4.79 Å². The van der Waals surface area contributed by atoms with Crippen LogP contribution in [0.4, 0.5) is 5.69 Å². The molecule has 4 rings (SSSR count). The highest BCUT2D eigenvalue weighted by atomic mass is 16.2. The van der Waals surface area contributed by atoms with Gasteiger partial charge in [0.1, 0.15) is 0 Å². The summed E-state index contributed by atoms with van der Waals surface area (Å²) >= 11 is 0. The SMILES string of the molecule is CC1(C)C(=O)N(C2CC(N3CCCCC3)C2)c2ccccc21. The lowest BCUT2D eigenvalue weighted by atomic mass is 9.82. The number of para-hydroxylation sites is 1. The van der Waals surface area contributed by atoms with E-state index in [1.165, 1.54) is 37.9 Å². The first-order chi connectivity index (χ1) is 10.6. The van der Waals surface area contributed by atoms with E-state index in [1.807, 2.05) is 0 Å². The Bertz CT molecular complexity index is 583. The van der Waals surface area contributed by atoms with E-state index < -0.39 is 0 Å². The summed E-state index contributed by atoms with van der Waals surface area (Å²) in [7, 11) is 0. The Morgan fingerprint density at radius 1 is 1.00 bits per heavy atom. The molecule has 1 amide bonds. The van der Waals surface area contributed by atoms with E-state index in [4.69, 9.17) is 0 Å². The number of likely N-dealkylation sites (tertiary alicyclic amines) is 1. The molecule has 2 aliphatic heterocycles. The smallest absolute Gasteiger partial charge is 0.237 e. The Balaban J connectivity index is 1.51. The Hall–Kier alpha value is -1.35. The second-order valence-corrected chi connectivity index (χ2v) is 7.69. The molecule has 1 aromatic rings. The van der Waals surface area contributed by atoms with E-state index >= 15 is 0 Å². The number of hydrogen-bond acceptors (Lipinski definition) is 2. The molecule has 1 saturated carbocycles. The predicted octanol–water partition coefficient (Wildman–Crippen LogP) is 3.33. The summed E-state index contributed by atoms with van der Waals surface area (Å²) in [5.41, 5.74) is 1.98. The van der Waals surface area contributed by atoms with Crippen LogP contribution in [0.25, 0.3) is 0 Å². The normalized spacial score (nSPS) is 31.0. The number of carbonyl (C=O) groups excluding carboxylic acids is 1. The number of nitrogens with zero attached hydrogens (tertiary/aromatic N) is 2. The highest BCUT2D eigenvalue weighted by Gasteiger charge is 2.49. The Morgan fingerprint density at radius 2 is 1.68 bits per heavy atom. The molecule has 0 N–H and O–H groups in total. The third kappa shape index (κ3) is 2.02. The van der Waals surface area contributed by atoms with Gasteiger partial charge in [-0.05, 0) is 64.3 Å². The zero-order chi connectivity index (χ0) is 15.3. The molecule has 1 aliphatic carbocycles. The molecule has 22 heavy (non-hydrogen) atoms. The van der Waals surface area contributed by atoms with E-state index in [0.717, 1.165) is 18.5 Å². The second-order valence-electron chi connectivity index (χ2n) is 7.69. The van der Waals surface area contributed by atoms with Crippen molar-refractivity contribution >= 4 is 11.6 Å². The molecule has 0 atom stereocenters. The predicted molar refractivity (Wildman–Crippen MR) is 89.2 cm³/mol. The van der Waals surface area contributed by atoms with Crippen molar-refractivity contribution in [1.82, 2.24) is 4.90 Å². The fourth-order valence-corrected chi connectivity index (χ4v) is 4.45. The van der Waals surface area contributed by atoms with Crippen molar-refractivity contribution in [2.45, 2.75) is 63.5 Å². The van der Waals surface area contributed by atoms with Gasteiger partial charge in [0.15, 0.2) is 0 Å². The molecule has 1 aromatic carbocycles. The van der Waals surface area contributed by atoms with E-state index in [1.54, 1.807) is 0 Å². The Labute approximate surface area is 133 Å². The number of anilines is 1. The lowest BCUT2D eigenvalue weighted by Gasteiger charge is -2.48. The Kier molecular flexibility index (Phi) is 3.30. The molecule has 3 aliphatic rings. The summed E-state index contributed by atoms with van der Waals surface area (Å²) in [6.07, 6.45) is 6.38. The molecule has 3 nitrogen and oxygen atoms in total. The monoisotopic (exact) mass is 298 g/mol. The molecule has 0 aromatic heterocycles. The average molecular weight is 298 g/mol. The number of carbonyl (C=O) groups is 1. The zero-order valence-electron chi connectivity index (χ0n) is 13.7. The first-order valence-electron chi connectivity index (χ1n) is 8.76. The van der Waals surface area contributed by atoms with Crippen molar-refractivity contribution in [2.75, 3.05) is 18.0 Å². The van der Waals surface area contributed by atoms with Crippen molar-refractivity contribution in [2.24, 2.45) is 0 Å². The lowest BCUT2D eigenvalue weighted by Crippen LogP contribution is -2.57. The minimum atomic E-state index is -0.368. The number of amides is 1. The number of fused-ring (bicyclic) bond motifs is 1. The van der Waals surface area contributed by atoms with Crippen LogP contribution in [0.2, 0.25) is 0 Å². The quantitative estimate of drug-likeness (QED) is 0.836. The van der Waals surface area contributed by atoms with Crippen LogP contribution in [0.5, 0.6) is 0 Å². The van der Waals surface area contributed by atoms with Gasteiger partial charge in [-0.2, -0.15) is 0 Å². The van der Waals surface area contributed by atoms with Gasteiger partial charge in [-0.15, -0.1) is 0 Å². The highest BCUT2D eigenvalue weighted by molar-refractivity contribution is 6.08. The van der Waals surface area contributed by atoms with E-state index in [2.05, 4.69) is 47.9 Å². The van der Waals surface area contributed by atoms with Crippen LogP contribution in [0.3, 0.4) is 0 Å². The summed E-state index contributed by atoms with van der Waals surface area (Å²) < 4.78 is 0. The van der Waals surface area contributed by atoms with Crippen molar-refractivity contribution in [1.29, 1.82) is 0 Å². The third-order valence-corrected chi connectivity index (χ3v) is 5.95. The second kappa shape index (κ2) is 5.09. The maximum Gasteiger partial charge on any atom is 0.237 e. The van der Waals surface area contributed by atoms with Gasteiger partial charge >= 0.3 is 0 Å². The largest absolute Gasteiger partial charge is 0.308 e. The summed E-state index contributed by atoms with van der Waals surface area (Å²) in [5.74, 6) is 0.288. The van der Waals surface area contributed by atoms with Gasteiger partial charge in [0, 0.05) is 17.8 Å². The van der Waals surface area contributed by atoms with E-state index in [9.17, 15) is 4.79 Å². The first-order valence-corrected chi connectivity index (χ1v) is 8.76. The standard InChI is InChI=1S/C19H26N2O/c1-19(2)16-8-4-5-9-17(16)21(18(19)22)15-12-14(13-15)20-10-6-3-7-11-20/h4-5,8-9,14-15H,3,6-7,10-13H2,1-2H3. The van der Waals surface area contributed by atoms with Gasteiger partial charge in [0.25, 0.3) is 0 Å². The highest BCUT2D eigenvalue weighted by Crippen LogP contribution is 2.46. The van der Waals surface area contributed by atoms with Crippen molar-refractivity contribution in [3.63, 3.8) is 0 Å². The van der Waals surface area contributed by atoms with Crippen molar-refractivity contribution < 1.29 is 4.79 Å². The summed E-state index contributed by atoms with van der Waals surface area (Å²) in [6, 6.07) is 9.46. The maximum absolute atomic E-state index is 12.9. The number of benzene rings is 1. The van der Waals surface area contributed by atoms with Crippen molar-refractivity contribution in [3.05, 3.63) is 29.8 Å². The van der Waals surface area contributed by atoms with Crippen LogP contribution in [-0.2, 0) is 10.2 Å². The topological polar surface area (TPSA) is 23.6 Å². The molecule has 1 saturated heterocycles. The van der Waals surface area contributed by atoms with Gasteiger partial charge < -0.3 is 9.80 Å². The van der Waals surface area contributed by atoms with Gasteiger partial charge in [-0.1, -0.05) is 24.6 Å². The van der Waals surface area contributed by atoms with Gasteiger partial charge in [0.2, 0.25) is 5.91 Å². The molecular formula is C19H26N2O. The van der Waals surface area contributed by atoms with Crippen LogP contribution in [-0.4, -0.2) is 36.0 Å². The molecular weight excluding hydrogens is 272 g/mol. The first kappa shape index (κ1) is 14.3. The van der Waals surface area contributed by atoms with Crippen LogP contribution >= 0.6 is 0 Å². The maximum atomic E-state index is 12.9. The fourth-order valence-electron chi connectivity index (χ4n) is 4.45. The van der Waals surface area contributed by atoms with E-state index in [0.29, 0.717) is 12.1 Å². The summed E-state index contributed by atoms with van der Waals surface area (Å²) in [5, 5.41) is 0. The molecule has 3 heteroatoms. The van der Waals surface area contributed by atoms with Crippen LogP contribution in [0, 0.1) is 0 Å². The lowest BCUT2D eigenvalue weighted by molar-refractivity contribution is -0.123. The minimum Gasteiger partial charge on any atom is -0.308 e. The molecule has 0 bridgehead atoms. The fraction of sp³-hybridized carbons (Fsp3) is 0.632. The van der Waals surface area contributed by atoms with Gasteiger partial charge in [-0.25, -0.2) is 0 Å². The van der Waals surface area contributed by atoms with E-state index in [-0.39, 0.29) is 11.3 Å². The van der Waals surface area contributed by atoms with Crippen molar-refractivity contribution in [3.8, 4) is 0 Å². The zero-order valence-corrected chi connectivity index (χ0v) is 13.7. The summed E-state index contributed by atoms with van der Waals surface area (Å²) in [4.78, 5) is 17.7. The van der Waals surface area contributed by atoms with Crippen LogP contribution in [0.1, 0.15) is 51.5 Å².